The van der Waals surface area contributed by atoms with Crippen LogP contribution in [0.3, 0.4) is 0 Å². The van der Waals surface area contributed by atoms with Gasteiger partial charge in [0.2, 0.25) is 0 Å². The zero-order chi connectivity index (χ0) is 14.5. The second-order valence-corrected chi connectivity index (χ2v) is 5.55. The van der Waals surface area contributed by atoms with E-state index >= 15 is 0 Å². The number of carbonyl (C=O) groups excluding carboxylic acids is 1. The summed E-state index contributed by atoms with van der Waals surface area (Å²) in [4.78, 5) is 14.4. The molecule has 0 bridgehead atoms. The number of nitrogens with one attached hydrogen (secondary N) is 1. The molecule has 1 aliphatic rings. The van der Waals surface area contributed by atoms with E-state index in [1.54, 1.807) is 18.2 Å². The molecule has 0 saturated carbocycles. The Labute approximate surface area is 120 Å². The predicted octanol–water partition coefficient (Wildman–Crippen LogP) is 2.30. The van der Waals surface area contributed by atoms with Gasteiger partial charge in [-0.15, -0.1) is 0 Å². The minimum Gasteiger partial charge on any atom is -0.508 e. The van der Waals surface area contributed by atoms with E-state index in [0.29, 0.717) is 11.6 Å². The van der Waals surface area contributed by atoms with E-state index in [1.165, 1.54) is 0 Å². The maximum atomic E-state index is 12.5. The third kappa shape index (κ3) is 3.51. The third-order valence-electron chi connectivity index (χ3n) is 3.84. The number of piperidine rings is 1. The highest BCUT2D eigenvalue weighted by Gasteiger charge is 2.24. The van der Waals surface area contributed by atoms with Crippen LogP contribution >= 0.6 is 0 Å². The van der Waals surface area contributed by atoms with E-state index in [-0.39, 0.29) is 11.7 Å². The first-order chi connectivity index (χ1) is 9.61. The van der Waals surface area contributed by atoms with Crippen molar-refractivity contribution in [2.24, 2.45) is 0 Å². The molecule has 0 radical (unpaired) electrons. The lowest BCUT2D eigenvalue weighted by atomic mass is 10.0. The summed E-state index contributed by atoms with van der Waals surface area (Å²) < 4.78 is 0. The van der Waals surface area contributed by atoms with Crippen molar-refractivity contribution in [2.45, 2.75) is 39.2 Å². The molecule has 1 aliphatic heterocycles. The summed E-state index contributed by atoms with van der Waals surface area (Å²) in [7, 11) is 0. The molecular formula is C16H24N2O2. The van der Waals surface area contributed by atoms with Gasteiger partial charge in [-0.25, -0.2) is 0 Å². The number of hydrogen-bond donors (Lipinski definition) is 2. The number of nitrogens with zero attached hydrogens (tertiary/aromatic N) is 1. The van der Waals surface area contributed by atoms with E-state index in [2.05, 4.69) is 12.2 Å². The molecule has 2 rings (SSSR count). The molecule has 1 unspecified atom stereocenters. The molecule has 2 N–H and O–H groups in total. The van der Waals surface area contributed by atoms with Gasteiger partial charge in [-0.3, -0.25) is 4.79 Å². The summed E-state index contributed by atoms with van der Waals surface area (Å²) in [5.41, 5.74) is 1.41. The van der Waals surface area contributed by atoms with Crippen molar-refractivity contribution in [3.8, 4) is 5.75 Å². The Hall–Kier alpha value is -1.55. The van der Waals surface area contributed by atoms with Crippen LogP contribution in [0.2, 0.25) is 0 Å². The Morgan fingerprint density at radius 3 is 3.00 bits per heavy atom. The van der Waals surface area contributed by atoms with Gasteiger partial charge in [0.15, 0.2) is 0 Å². The Morgan fingerprint density at radius 1 is 1.50 bits per heavy atom. The largest absolute Gasteiger partial charge is 0.508 e. The maximum absolute atomic E-state index is 12.5. The van der Waals surface area contributed by atoms with Gasteiger partial charge < -0.3 is 15.3 Å². The van der Waals surface area contributed by atoms with Crippen LogP contribution in [0.5, 0.6) is 5.75 Å². The summed E-state index contributed by atoms with van der Waals surface area (Å²) >= 11 is 0. The average Bonchev–Trinajstić information content (AvgIpc) is 2.47. The molecule has 1 aromatic rings. The maximum Gasteiger partial charge on any atom is 0.253 e. The molecule has 1 fully saturated rings. The van der Waals surface area contributed by atoms with Crippen LogP contribution in [-0.2, 0) is 0 Å². The lowest BCUT2D eigenvalue weighted by molar-refractivity contribution is 0.0695. The number of benzene rings is 1. The number of aromatic hydroxyl groups is 1. The van der Waals surface area contributed by atoms with Crippen molar-refractivity contribution >= 4 is 5.91 Å². The molecule has 0 spiro atoms. The van der Waals surface area contributed by atoms with Crippen LogP contribution in [0.15, 0.2) is 18.2 Å². The van der Waals surface area contributed by atoms with Crippen molar-refractivity contribution in [1.29, 1.82) is 0 Å². The molecule has 1 heterocycles. The summed E-state index contributed by atoms with van der Waals surface area (Å²) in [5.74, 6) is 0.304. The van der Waals surface area contributed by atoms with Crippen LogP contribution in [0.4, 0.5) is 0 Å². The zero-order valence-electron chi connectivity index (χ0n) is 12.4. The highest BCUT2D eigenvalue weighted by molar-refractivity contribution is 5.94. The molecule has 4 nitrogen and oxygen atoms in total. The van der Waals surface area contributed by atoms with E-state index in [9.17, 15) is 9.90 Å². The standard InChI is InChI=1S/C16H24N2O2/c1-3-8-17-14-5-4-9-18(11-14)16(20)13-6-7-15(19)12(2)10-13/h6-7,10,14,17,19H,3-5,8-9,11H2,1-2H3. The van der Waals surface area contributed by atoms with Gasteiger partial charge in [0.1, 0.15) is 5.75 Å². The molecule has 20 heavy (non-hydrogen) atoms. The van der Waals surface area contributed by atoms with Crippen molar-refractivity contribution in [2.75, 3.05) is 19.6 Å². The zero-order valence-corrected chi connectivity index (χ0v) is 12.4. The van der Waals surface area contributed by atoms with E-state index in [1.807, 2.05) is 11.8 Å². The van der Waals surface area contributed by atoms with Gasteiger partial charge in [0, 0.05) is 24.7 Å². The smallest absolute Gasteiger partial charge is 0.253 e. The summed E-state index contributed by atoms with van der Waals surface area (Å²) in [5, 5.41) is 13.0. The number of rotatable bonds is 4. The van der Waals surface area contributed by atoms with E-state index < -0.39 is 0 Å². The lowest BCUT2D eigenvalue weighted by Gasteiger charge is -2.33. The summed E-state index contributed by atoms with van der Waals surface area (Å²) in [6.07, 6.45) is 3.30. The minimum absolute atomic E-state index is 0.0658. The Morgan fingerprint density at radius 2 is 2.30 bits per heavy atom. The normalized spacial score (nSPS) is 19.1. The third-order valence-corrected chi connectivity index (χ3v) is 3.84. The van der Waals surface area contributed by atoms with Gasteiger partial charge in [-0.05, 0) is 56.5 Å². The highest BCUT2D eigenvalue weighted by atomic mass is 16.3. The molecule has 1 saturated heterocycles. The van der Waals surface area contributed by atoms with Gasteiger partial charge >= 0.3 is 0 Å². The second kappa shape index (κ2) is 6.75. The van der Waals surface area contributed by atoms with Gasteiger partial charge in [0.25, 0.3) is 5.91 Å². The topological polar surface area (TPSA) is 52.6 Å². The molecular weight excluding hydrogens is 252 g/mol. The van der Waals surface area contributed by atoms with Crippen LogP contribution in [-0.4, -0.2) is 41.6 Å². The number of hydrogen-bond acceptors (Lipinski definition) is 3. The van der Waals surface area contributed by atoms with Crippen molar-refractivity contribution < 1.29 is 9.90 Å². The predicted molar refractivity (Wildman–Crippen MR) is 80.1 cm³/mol. The molecule has 1 aromatic carbocycles. The fraction of sp³-hybridized carbons (Fsp3) is 0.562. The quantitative estimate of drug-likeness (QED) is 0.887. The number of phenols is 1. The lowest BCUT2D eigenvalue weighted by Crippen LogP contribution is -2.48. The molecule has 110 valence electrons. The summed E-state index contributed by atoms with van der Waals surface area (Å²) in [6, 6.07) is 5.47. The van der Waals surface area contributed by atoms with Crippen molar-refractivity contribution in [3.05, 3.63) is 29.3 Å². The number of amides is 1. The van der Waals surface area contributed by atoms with Crippen LogP contribution < -0.4 is 5.32 Å². The fourth-order valence-electron chi connectivity index (χ4n) is 2.65. The minimum atomic E-state index is 0.0658. The van der Waals surface area contributed by atoms with Gasteiger partial charge in [-0.1, -0.05) is 6.92 Å². The average molecular weight is 276 g/mol. The first kappa shape index (κ1) is 14.9. The summed E-state index contributed by atoms with van der Waals surface area (Å²) in [6.45, 7) is 6.57. The van der Waals surface area contributed by atoms with Gasteiger partial charge in [-0.2, -0.15) is 0 Å². The fourth-order valence-corrected chi connectivity index (χ4v) is 2.65. The molecule has 1 atom stereocenters. The SMILES string of the molecule is CCCNC1CCCN(C(=O)c2ccc(O)c(C)c2)C1. The monoisotopic (exact) mass is 276 g/mol. The number of aryl methyl sites for hydroxylation is 1. The Bertz CT molecular complexity index is 474. The molecule has 0 aromatic heterocycles. The van der Waals surface area contributed by atoms with E-state index in [4.69, 9.17) is 0 Å². The molecule has 1 amide bonds. The van der Waals surface area contributed by atoms with Crippen LogP contribution in [0.1, 0.15) is 42.1 Å². The van der Waals surface area contributed by atoms with Crippen molar-refractivity contribution in [1.82, 2.24) is 10.2 Å². The van der Waals surface area contributed by atoms with E-state index in [0.717, 1.165) is 44.5 Å². The molecule has 4 heteroatoms. The highest BCUT2D eigenvalue weighted by Crippen LogP contribution is 2.20. The Kier molecular flexibility index (Phi) is 5.01. The Balaban J connectivity index is 2.02. The number of phenolic OH excluding ortho intramolecular Hbond substituents is 1. The first-order valence-corrected chi connectivity index (χ1v) is 7.44. The number of likely N-dealkylation sites (tertiary alicyclic amines) is 1. The number of carbonyl (C=O) groups is 1. The van der Waals surface area contributed by atoms with Gasteiger partial charge in [0.05, 0.1) is 0 Å². The first-order valence-electron chi connectivity index (χ1n) is 7.44. The van der Waals surface area contributed by atoms with Crippen molar-refractivity contribution in [3.63, 3.8) is 0 Å². The van der Waals surface area contributed by atoms with Crippen LogP contribution in [0, 0.1) is 6.92 Å². The van der Waals surface area contributed by atoms with Crippen LogP contribution in [0.25, 0.3) is 0 Å². The second-order valence-electron chi connectivity index (χ2n) is 5.55. The molecule has 0 aliphatic carbocycles.